The maximum Gasteiger partial charge on any atom is 0.311 e. The number of hydrogen-bond acceptors (Lipinski definition) is 4. The van der Waals surface area contributed by atoms with Crippen LogP contribution in [0.25, 0.3) is 0 Å². The Bertz CT molecular complexity index is 458. The second-order valence-electron chi connectivity index (χ2n) is 4.16. The molecule has 1 rings (SSSR count). The predicted molar refractivity (Wildman–Crippen MR) is 72.3 cm³/mol. The van der Waals surface area contributed by atoms with Gasteiger partial charge in [0.25, 0.3) is 0 Å². The van der Waals surface area contributed by atoms with Crippen molar-refractivity contribution in [1.82, 2.24) is 0 Å². The van der Waals surface area contributed by atoms with Crippen LogP contribution in [0.5, 0.6) is 5.75 Å². The summed E-state index contributed by atoms with van der Waals surface area (Å²) in [6, 6.07) is 4.86. The first-order chi connectivity index (χ1) is 8.45. The third kappa shape index (κ3) is 3.48. The summed E-state index contributed by atoms with van der Waals surface area (Å²) in [4.78, 5) is 12.4. The van der Waals surface area contributed by atoms with E-state index in [2.05, 4.69) is 6.58 Å². The van der Waals surface area contributed by atoms with Gasteiger partial charge in [0.2, 0.25) is 0 Å². The van der Waals surface area contributed by atoms with Crippen LogP contribution in [0.3, 0.4) is 0 Å². The summed E-state index contributed by atoms with van der Waals surface area (Å²) >= 11 is 0. The molecule has 0 atom stereocenters. The van der Waals surface area contributed by atoms with Crippen molar-refractivity contribution in [3.63, 3.8) is 0 Å². The third-order valence-corrected chi connectivity index (χ3v) is 2.39. The Labute approximate surface area is 107 Å². The minimum Gasteiger partial charge on any atom is -0.487 e. The van der Waals surface area contributed by atoms with Gasteiger partial charge in [0.05, 0.1) is 11.5 Å². The second kappa shape index (κ2) is 6.05. The maximum atomic E-state index is 10.9. The normalized spacial score (nSPS) is 9.94. The lowest BCUT2D eigenvalue weighted by molar-refractivity contribution is -0.385. The molecule has 98 valence electrons. The van der Waals surface area contributed by atoms with Crippen molar-refractivity contribution in [2.75, 3.05) is 25.1 Å². The molecule has 0 N–H and O–H groups in total. The smallest absolute Gasteiger partial charge is 0.311 e. The molecule has 0 aliphatic rings. The predicted octanol–water partition coefficient (Wildman–Crippen LogP) is 3.01. The van der Waals surface area contributed by atoms with Crippen molar-refractivity contribution < 1.29 is 9.66 Å². The van der Waals surface area contributed by atoms with Gasteiger partial charge in [-0.1, -0.05) is 12.2 Å². The van der Waals surface area contributed by atoms with Crippen LogP contribution in [0.1, 0.15) is 13.8 Å². The van der Waals surface area contributed by atoms with Crippen LogP contribution in [0.15, 0.2) is 30.4 Å². The number of likely N-dealkylation sites (N-methyl/N-ethyl adjacent to an activating group) is 1. The van der Waals surface area contributed by atoms with E-state index >= 15 is 0 Å². The molecule has 0 aliphatic carbocycles. The third-order valence-electron chi connectivity index (χ3n) is 2.39. The van der Waals surface area contributed by atoms with Crippen LogP contribution < -0.4 is 9.64 Å². The van der Waals surface area contributed by atoms with Crippen LogP contribution in [-0.4, -0.2) is 25.1 Å². The molecule has 0 aromatic heterocycles. The van der Waals surface area contributed by atoms with E-state index in [0.29, 0.717) is 18.9 Å². The average Bonchev–Trinajstić information content (AvgIpc) is 2.28. The molecule has 5 heteroatoms. The SMILES string of the molecule is C=C(C)CN(C)c1ccc([N+](=O)[O-])c(OCC)c1. The molecule has 0 saturated heterocycles. The zero-order chi connectivity index (χ0) is 13.7. The fourth-order valence-electron chi connectivity index (χ4n) is 1.66. The van der Waals surface area contributed by atoms with E-state index in [-0.39, 0.29) is 5.69 Å². The first kappa shape index (κ1) is 14.0. The number of anilines is 1. The molecule has 0 unspecified atom stereocenters. The lowest BCUT2D eigenvalue weighted by Crippen LogP contribution is -2.19. The van der Waals surface area contributed by atoms with Crippen molar-refractivity contribution in [2.24, 2.45) is 0 Å². The van der Waals surface area contributed by atoms with Gasteiger partial charge in [0.15, 0.2) is 5.75 Å². The molecule has 0 spiro atoms. The lowest BCUT2D eigenvalue weighted by Gasteiger charge is -2.20. The topological polar surface area (TPSA) is 55.6 Å². The molecule has 1 aromatic rings. The molecule has 0 heterocycles. The van der Waals surface area contributed by atoms with E-state index in [9.17, 15) is 10.1 Å². The molecule has 18 heavy (non-hydrogen) atoms. The molecule has 0 radical (unpaired) electrons. The summed E-state index contributed by atoms with van der Waals surface area (Å²) in [5.41, 5.74) is 1.88. The number of benzene rings is 1. The highest BCUT2D eigenvalue weighted by atomic mass is 16.6. The summed E-state index contributed by atoms with van der Waals surface area (Å²) in [6.45, 7) is 8.67. The summed E-state index contributed by atoms with van der Waals surface area (Å²) in [7, 11) is 1.91. The Balaban J connectivity index is 3.06. The Morgan fingerprint density at radius 1 is 1.56 bits per heavy atom. The van der Waals surface area contributed by atoms with Crippen molar-refractivity contribution in [3.05, 3.63) is 40.5 Å². The number of nitro groups is 1. The van der Waals surface area contributed by atoms with Crippen molar-refractivity contribution in [3.8, 4) is 5.75 Å². The van der Waals surface area contributed by atoms with E-state index in [0.717, 1.165) is 11.3 Å². The highest BCUT2D eigenvalue weighted by molar-refractivity contribution is 5.59. The molecule has 5 nitrogen and oxygen atoms in total. The monoisotopic (exact) mass is 250 g/mol. The minimum atomic E-state index is -0.437. The standard InChI is InChI=1S/C13H18N2O3/c1-5-18-13-8-11(14(4)9-10(2)3)6-7-12(13)15(16)17/h6-8H,2,5,9H2,1,3-4H3. The van der Waals surface area contributed by atoms with Gasteiger partial charge in [0, 0.05) is 31.4 Å². The zero-order valence-electron chi connectivity index (χ0n) is 11.0. The molecule has 0 bridgehead atoms. The summed E-state index contributed by atoms with van der Waals surface area (Å²) < 4.78 is 5.30. The highest BCUT2D eigenvalue weighted by Crippen LogP contribution is 2.31. The molecule has 0 aliphatic heterocycles. The molecule has 1 aromatic carbocycles. The number of nitrogens with zero attached hydrogens (tertiary/aromatic N) is 2. The molecular weight excluding hydrogens is 232 g/mol. The Hall–Kier alpha value is -2.04. The quantitative estimate of drug-likeness (QED) is 0.442. The molecule has 0 saturated carbocycles. The van der Waals surface area contributed by atoms with E-state index in [1.807, 2.05) is 18.9 Å². The lowest BCUT2D eigenvalue weighted by atomic mass is 10.2. The molecular formula is C13H18N2O3. The van der Waals surface area contributed by atoms with Gasteiger partial charge < -0.3 is 9.64 Å². The highest BCUT2D eigenvalue weighted by Gasteiger charge is 2.16. The largest absolute Gasteiger partial charge is 0.487 e. The second-order valence-corrected chi connectivity index (χ2v) is 4.16. The van der Waals surface area contributed by atoms with Crippen LogP contribution >= 0.6 is 0 Å². The fraction of sp³-hybridized carbons (Fsp3) is 0.385. The van der Waals surface area contributed by atoms with E-state index in [1.54, 1.807) is 19.1 Å². The fourth-order valence-corrected chi connectivity index (χ4v) is 1.66. The summed E-state index contributed by atoms with van der Waals surface area (Å²) in [5, 5.41) is 10.9. The average molecular weight is 250 g/mol. The van der Waals surface area contributed by atoms with E-state index in [1.165, 1.54) is 6.07 Å². The van der Waals surface area contributed by atoms with Gasteiger partial charge in [-0.25, -0.2) is 0 Å². The van der Waals surface area contributed by atoms with Gasteiger partial charge in [-0.15, -0.1) is 0 Å². The van der Waals surface area contributed by atoms with Crippen LogP contribution in [0, 0.1) is 10.1 Å². The van der Waals surface area contributed by atoms with Gasteiger partial charge in [-0.05, 0) is 19.9 Å². The Morgan fingerprint density at radius 3 is 2.72 bits per heavy atom. The molecule has 0 amide bonds. The number of ether oxygens (including phenoxy) is 1. The summed E-state index contributed by atoms with van der Waals surface area (Å²) in [6.07, 6.45) is 0. The van der Waals surface area contributed by atoms with Crippen molar-refractivity contribution >= 4 is 11.4 Å². The zero-order valence-corrected chi connectivity index (χ0v) is 11.0. The Kier molecular flexibility index (Phi) is 4.71. The van der Waals surface area contributed by atoms with E-state index in [4.69, 9.17) is 4.74 Å². The van der Waals surface area contributed by atoms with Gasteiger partial charge in [-0.2, -0.15) is 0 Å². The van der Waals surface area contributed by atoms with Crippen LogP contribution in [0.4, 0.5) is 11.4 Å². The van der Waals surface area contributed by atoms with Crippen LogP contribution in [-0.2, 0) is 0 Å². The maximum absolute atomic E-state index is 10.9. The summed E-state index contributed by atoms with van der Waals surface area (Å²) in [5.74, 6) is 0.300. The van der Waals surface area contributed by atoms with Crippen molar-refractivity contribution in [2.45, 2.75) is 13.8 Å². The van der Waals surface area contributed by atoms with Crippen molar-refractivity contribution in [1.29, 1.82) is 0 Å². The number of rotatable bonds is 6. The number of nitro benzene ring substituents is 1. The van der Waals surface area contributed by atoms with Gasteiger partial charge >= 0.3 is 5.69 Å². The first-order valence-corrected chi connectivity index (χ1v) is 5.72. The number of hydrogen-bond donors (Lipinski definition) is 0. The minimum absolute atomic E-state index is 0.00988. The first-order valence-electron chi connectivity index (χ1n) is 5.72. The van der Waals surface area contributed by atoms with Gasteiger partial charge in [-0.3, -0.25) is 10.1 Å². The van der Waals surface area contributed by atoms with Gasteiger partial charge in [0.1, 0.15) is 0 Å². The van der Waals surface area contributed by atoms with E-state index < -0.39 is 4.92 Å². The molecule has 0 fully saturated rings. The van der Waals surface area contributed by atoms with Crippen LogP contribution in [0.2, 0.25) is 0 Å². The Morgan fingerprint density at radius 2 is 2.22 bits per heavy atom.